The average Bonchev–Trinajstić information content (AvgIpc) is 3.31. The molecule has 0 fully saturated rings. The number of carbonyl (C=O) groups excluding carboxylic acids is 1. The first-order valence-electron chi connectivity index (χ1n) is 12.5. The van der Waals surface area contributed by atoms with Crippen molar-refractivity contribution in [1.82, 2.24) is 19.6 Å². The average molecular weight is 523 g/mol. The van der Waals surface area contributed by atoms with E-state index in [1.807, 2.05) is 43.8 Å². The molecule has 0 saturated heterocycles. The molecular weight excluding hydrogens is 487 g/mol. The molecule has 37 heavy (non-hydrogen) atoms. The molecule has 9 heteroatoms. The smallest absolute Gasteiger partial charge is 0.168 e. The summed E-state index contributed by atoms with van der Waals surface area (Å²) in [5, 5.41) is 9.74. The number of rotatable bonds is 11. The van der Waals surface area contributed by atoms with Gasteiger partial charge in [0.1, 0.15) is 24.0 Å². The van der Waals surface area contributed by atoms with Crippen LogP contribution in [0.3, 0.4) is 0 Å². The molecule has 0 saturated carbocycles. The number of fused-ring (bicyclic) bond motifs is 1. The van der Waals surface area contributed by atoms with Gasteiger partial charge in [0.25, 0.3) is 0 Å². The van der Waals surface area contributed by atoms with E-state index in [0.29, 0.717) is 36.6 Å². The maximum Gasteiger partial charge on any atom is 0.168 e. The molecule has 2 aromatic heterocycles. The first-order chi connectivity index (χ1) is 17.6. The Labute approximate surface area is 218 Å². The predicted octanol–water partition coefficient (Wildman–Crippen LogP) is 5.94. The van der Waals surface area contributed by atoms with E-state index in [-0.39, 0.29) is 12.5 Å². The van der Waals surface area contributed by atoms with E-state index >= 15 is 0 Å². The number of halogens is 1. The minimum Gasteiger partial charge on any atom is -0.492 e. The molecule has 0 bridgehead atoms. The quantitative estimate of drug-likeness (QED) is 0.139. The van der Waals surface area contributed by atoms with E-state index in [4.69, 9.17) is 9.47 Å². The van der Waals surface area contributed by atoms with E-state index in [0.717, 1.165) is 45.8 Å². The first-order valence-corrected chi connectivity index (χ1v) is 16.2. The molecule has 0 aliphatic rings. The van der Waals surface area contributed by atoms with Crippen molar-refractivity contribution in [2.75, 3.05) is 13.2 Å². The second kappa shape index (κ2) is 11.0. The highest BCUT2D eigenvalue weighted by molar-refractivity contribution is 6.76. The maximum absolute atomic E-state index is 14.2. The van der Waals surface area contributed by atoms with Crippen LogP contribution in [0.25, 0.3) is 22.0 Å². The van der Waals surface area contributed by atoms with Crippen LogP contribution in [0.2, 0.25) is 25.7 Å². The summed E-state index contributed by atoms with van der Waals surface area (Å²) >= 11 is 0. The Kier molecular flexibility index (Phi) is 7.94. The third-order valence-electron chi connectivity index (χ3n) is 6.62. The van der Waals surface area contributed by atoms with Crippen molar-refractivity contribution in [1.29, 1.82) is 0 Å². The zero-order chi connectivity index (χ0) is 26.7. The van der Waals surface area contributed by atoms with Gasteiger partial charge in [0.2, 0.25) is 0 Å². The van der Waals surface area contributed by atoms with E-state index in [1.165, 1.54) is 12.1 Å². The fourth-order valence-electron chi connectivity index (χ4n) is 4.37. The molecule has 4 aromatic rings. The van der Waals surface area contributed by atoms with E-state index in [1.54, 1.807) is 10.7 Å². The topological polar surface area (TPSA) is 71.2 Å². The lowest BCUT2D eigenvalue weighted by atomic mass is 10.0. The third kappa shape index (κ3) is 6.16. The molecule has 0 N–H and O–H groups in total. The van der Waals surface area contributed by atoms with Gasteiger partial charge in [-0.05, 0) is 55.3 Å². The predicted molar refractivity (Wildman–Crippen MR) is 147 cm³/mol. The molecule has 0 amide bonds. The summed E-state index contributed by atoms with van der Waals surface area (Å²) in [6, 6.07) is 11.2. The SMILES string of the molecule is Cc1nn(C)c(C)c1CCOc1cc(F)ccc1-c1ccc2nn(COCC[Si](C)(C)C)c(C=O)c2c1. The third-order valence-corrected chi connectivity index (χ3v) is 8.33. The van der Waals surface area contributed by atoms with Crippen LogP contribution < -0.4 is 4.74 Å². The zero-order valence-corrected chi connectivity index (χ0v) is 23.5. The van der Waals surface area contributed by atoms with Crippen LogP contribution in [0, 0.1) is 19.7 Å². The standard InChI is InChI=1S/C28H35FN4O3Si/c1-19-23(20(2)32(3)30-19)11-12-36-28-16-22(29)8-9-24(28)21-7-10-26-25(15-21)27(17-34)33(31-26)18-35-13-14-37(4,5)6/h7-10,15-17H,11-14,18H2,1-6H3. The number of ether oxygens (including phenoxy) is 2. The zero-order valence-electron chi connectivity index (χ0n) is 22.5. The van der Waals surface area contributed by atoms with Crippen LogP contribution in [0.5, 0.6) is 5.75 Å². The molecule has 0 unspecified atom stereocenters. The van der Waals surface area contributed by atoms with Crippen LogP contribution >= 0.6 is 0 Å². The van der Waals surface area contributed by atoms with Crippen molar-refractivity contribution in [3.8, 4) is 16.9 Å². The highest BCUT2D eigenvalue weighted by atomic mass is 28.3. The summed E-state index contributed by atoms with van der Waals surface area (Å²) in [5.41, 5.74) is 5.92. The van der Waals surface area contributed by atoms with E-state index in [2.05, 4.69) is 29.8 Å². The number of aryl methyl sites for hydroxylation is 2. The Morgan fingerprint density at radius 2 is 1.84 bits per heavy atom. The molecule has 0 radical (unpaired) electrons. The molecule has 2 aromatic carbocycles. The van der Waals surface area contributed by atoms with Gasteiger partial charge in [-0.2, -0.15) is 10.2 Å². The van der Waals surface area contributed by atoms with Crippen LogP contribution in [0.1, 0.15) is 27.4 Å². The minimum atomic E-state index is -1.20. The molecule has 0 aliphatic carbocycles. The molecule has 2 heterocycles. The number of carbonyl (C=O) groups is 1. The minimum absolute atomic E-state index is 0.223. The van der Waals surface area contributed by atoms with Crippen molar-refractivity contribution in [3.05, 3.63) is 64.9 Å². The molecule has 0 spiro atoms. The summed E-state index contributed by atoms with van der Waals surface area (Å²) in [7, 11) is 0.715. The highest BCUT2D eigenvalue weighted by Gasteiger charge is 2.16. The van der Waals surface area contributed by atoms with Crippen LogP contribution in [-0.4, -0.2) is 47.1 Å². The van der Waals surface area contributed by atoms with Gasteiger partial charge in [-0.25, -0.2) is 9.07 Å². The lowest BCUT2D eigenvalue weighted by Gasteiger charge is -2.15. The van der Waals surface area contributed by atoms with Crippen molar-refractivity contribution in [3.63, 3.8) is 0 Å². The van der Waals surface area contributed by atoms with Crippen LogP contribution in [0.4, 0.5) is 4.39 Å². The molecule has 4 rings (SSSR count). The number of nitrogens with zero attached hydrogens (tertiary/aromatic N) is 4. The van der Waals surface area contributed by atoms with Crippen LogP contribution in [0.15, 0.2) is 36.4 Å². The van der Waals surface area contributed by atoms with E-state index in [9.17, 15) is 9.18 Å². The summed E-state index contributed by atoms with van der Waals surface area (Å²) in [6.45, 7) is 12.2. The maximum atomic E-state index is 14.2. The van der Waals surface area contributed by atoms with Crippen molar-refractivity contribution in [2.24, 2.45) is 7.05 Å². The second-order valence-corrected chi connectivity index (χ2v) is 16.2. The summed E-state index contributed by atoms with van der Waals surface area (Å²) < 4.78 is 29.5. The fourth-order valence-corrected chi connectivity index (χ4v) is 5.12. The number of hydrogen-bond donors (Lipinski definition) is 0. The normalized spacial score (nSPS) is 11.9. The molecule has 7 nitrogen and oxygen atoms in total. The number of aldehydes is 1. The van der Waals surface area contributed by atoms with Gasteiger partial charge in [-0.3, -0.25) is 9.48 Å². The van der Waals surface area contributed by atoms with Gasteiger partial charge >= 0.3 is 0 Å². The Hall–Kier alpha value is -3.30. The lowest BCUT2D eigenvalue weighted by Crippen LogP contribution is -2.22. The lowest BCUT2D eigenvalue weighted by molar-refractivity contribution is 0.0759. The first kappa shape index (κ1) is 26.8. The molecule has 196 valence electrons. The Morgan fingerprint density at radius 1 is 1.05 bits per heavy atom. The molecule has 0 aliphatic heterocycles. The molecule has 0 atom stereocenters. The Balaban J connectivity index is 1.56. The Bertz CT molecular complexity index is 1420. The van der Waals surface area contributed by atoms with E-state index < -0.39 is 8.07 Å². The van der Waals surface area contributed by atoms with Gasteiger partial charge in [0.15, 0.2) is 6.29 Å². The number of hydrogen-bond acceptors (Lipinski definition) is 5. The summed E-state index contributed by atoms with van der Waals surface area (Å²) in [6.07, 6.45) is 1.47. The highest BCUT2D eigenvalue weighted by Crippen LogP contribution is 2.33. The number of benzene rings is 2. The Morgan fingerprint density at radius 3 is 2.51 bits per heavy atom. The van der Waals surface area contributed by atoms with Gasteiger partial charge in [0, 0.05) is 50.9 Å². The number of aromatic nitrogens is 4. The van der Waals surface area contributed by atoms with Crippen molar-refractivity contribution < 1.29 is 18.7 Å². The second-order valence-electron chi connectivity index (χ2n) is 10.6. The van der Waals surface area contributed by atoms with Crippen molar-refractivity contribution >= 4 is 25.3 Å². The largest absolute Gasteiger partial charge is 0.492 e. The van der Waals surface area contributed by atoms with Crippen LogP contribution in [-0.2, 0) is 24.9 Å². The van der Waals surface area contributed by atoms with Gasteiger partial charge in [-0.1, -0.05) is 25.7 Å². The van der Waals surface area contributed by atoms with Crippen molar-refractivity contribution in [2.45, 2.75) is 52.7 Å². The summed E-state index contributed by atoms with van der Waals surface area (Å²) in [4.78, 5) is 12.0. The van der Waals surface area contributed by atoms with Gasteiger partial charge < -0.3 is 9.47 Å². The monoisotopic (exact) mass is 522 g/mol. The fraction of sp³-hybridized carbons (Fsp3) is 0.393. The van der Waals surface area contributed by atoms with Gasteiger partial charge in [-0.15, -0.1) is 0 Å². The molecular formula is C28H35FN4O3Si. The summed E-state index contributed by atoms with van der Waals surface area (Å²) in [5.74, 6) is 0.0821. The van der Waals surface area contributed by atoms with Gasteiger partial charge in [0.05, 0.1) is 17.8 Å².